The van der Waals surface area contributed by atoms with E-state index in [2.05, 4.69) is 0 Å². The van der Waals surface area contributed by atoms with Crippen LogP contribution >= 0.6 is 0 Å². The molecule has 0 aromatic heterocycles. The molecule has 1 fully saturated rings. The molecule has 1 saturated heterocycles. The normalized spacial score (nSPS) is 19.8. The van der Waals surface area contributed by atoms with Crippen molar-refractivity contribution < 1.29 is 19.1 Å². The van der Waals surface area contributed by atoms with Gasteiger partial charge in [-0.1, -0.05) is 12.8 Å². The average molecular weight is 299 g/mol. The smallest absolute Gasteiger partial charge is 0.410 e. The predicted octanol–water partition coefficient (Wildman–Crippen LogP) is 3.51. The number of esters is 1. The van der Waals surface area contributed by atoms with E-state index in [1.165, 1.54) is 0 Å². The van der Waals surface area contributed by atoms with Gasteiger partial charge >= 0.3 is 12.1 Å². The van der Waals surface area contributed by atoms with Crippen molar-refractivity contribution in [2.24, 2.45) is 0 Å². The summed E-state index contributed by atoms with van der Waals surface area (Å²) in [5, 5.41) is 0. The van der Waals surface area contributed by atoms with Gasteiger partial charge in [0.1, 0.15) is 5.60 Å². The van der Waals surface area contributed by atoms with Crippen LogP contribution in [-0.2, 0) is 14.3 Å². The van der Waals surface area contributed by atoms with E-state index in [1.807, 2.05) is 20.8 Å². The average Bonchev–Trinajstić information content (AvgIpc) is 2.59. The van der Waals surface area contributed by atoms with E-state index in [-0.39, 0.29) is 18.1 Å². The Morgan fingerprint density at radius 3 is 2.52 bits per heavy atom. The molecular weight excluding hydrogens is 270 g/mol. The second-order valence-electron chi connectivity index (χ2n) is 6.52. The van der Waals surface area contributed by atoms with E-state index in [0.717, 1.165) is 25.7 Å². The van der Waals surface area contributed by atoms with E-state index in [1.54, 1.807) is 11.8 Å². The topological polar surface area (TPSA) is 55.8 Å². The van der Waals surface area contributed by atoms with Crippen LogP contribution in [0.15, 0.2) is 0 Å². The molecule has 0 aromatic carbocycles. The number of hydrogen-bond acceptors (Lipinski definition) is 4. The third kappa shape index (κ3) is 6.82. The van der Waals surface area contributed by atoms with Crippen LogP contribution in [0.5, 0.6) is 0 Å². The molecule has 1 rings (SSSR count). The first-order chi connectivity index (χ1) is 9.83. The van der Waals surface area contributed by atoms with Gasteiger partial charge in [0.05, 0.1) is 6.61 Å². The molecule has 5 nitrogen and oxygen atoms in total. The quantitative estimate of drug-likeness (QED) is 0.745. The molecule has 0 bridgehead atoms. The molecule has 1 aliphatic rings. The van der Waals surface area contributed by atoms with Crippen molar-refractivity contribution in [3.63, 3.8) is 0 Å². The Kier molecular flexibility index (Phi) is 6.99. The molecule has 0 radical (unpaired) electrons. The minimum Gasteiger partial charge on any atom is -0.466 e. The van der Waals surface area contributed by atoms with Crippen molar-refractivity contribution in [1.29, 1.82) is 0 Å². The first kappa shape index (κ1) is 17.8. The second-order valence-corrected chi connectivity index (χ2v) is 6.52. The molecule has 5 heteroatoms. The molecule has 0 spiro atoms. The summed E-state index contributed by atoms with van der Waals surface area (Å²) in [6.45, 7) is 8.53. The summed E-state index contributed by atoms with van der Waals surface area (Å²) in [7, 11) is 0. The van der Waals surface area contributed by atoms with Crippen LogP contribution < -0.4 is 0 Å². The molecule has 0 saturated carbocycles. The fraction of sp³-hybridized carbons (Fsp3) is 0.875. The van der Waals surface area contributed by atoms with Crippen molar-refractivity contribution in [3.05, 3.63) is 0 Å². The number of hydrogen-bond donors (Lipinski definition) is 0. The molecule has 1 amide bonds. The van der Waals surface area contributed by atoms with Gasteiger partial charge in [-0.3, -0.25) is 4.79 Å². The summed E-state index contributed by atoms with van der Waals surface area (Å²) in [6.07, 6.45) is 4.88. The molecule has 0 aromatic rings. The second kappa shape index (κ2) is 8.25. The van der Waals surface area contributed by atoms with E-state index in [4.69, 9.17) is 9.47 Å². The first-order valence-corrected chi connectivity index (χ1v) is 7.98. The fourth-order valence-electron chi connectivity index (χ4n) is 2.56. The SMILES string of the molecule is CCOC(=O)CCC1CCCCCN1C(=O)OC(C)(C)C. The molecular formula is C16H29NO4. The van der Waals surface area contributed by atoms with Gasteiger partial charge < -0.3 is 14.4 Å². The van der Waals surface area contributed by atoms with E-state index >= 15 is 0 Å². The van der Waals surface area contributed by atoms with Gasteiger partial charge in [0.2, 0.25) is 0 Å². The molecule has 1 aliphatic heterocycles. The van der Waals surface area contributed by atoms with Gasteiger partial charge in [-0.15, -0.1) is 0 Å². The molecule has 1 atom stereocenters. The molecule has 122 valence electrons. The summed E-state index contributed by atoms with van der Waals surface area (Å²) in [6, 6.07) is 0.0757. The van der Waals surface area contributed by atoms with Crippen LogP contribution in [0.1, 0.15) is 66.2 Å². The van der Waals surface area contributed by atoms with Crippen LogP contribution in [0, 0.1) is 0 Å². The molecule has 1 unspecified atom stereocenters. The van der Waals surface area contributed by atoms with Crippen LogP contribution in [-0.4, -0.2) is 41.8 Å². The van der Waals surface area contributed by atoms with E-state index < -0.39 is 5.60 Å². The highest BCUT2D eigenvalue weighted by Crippen LogP contribution is 2.23. The third-order valence-electron chi connectivity index (χ3n) is 3.49. The minimum absolute atomic E-state index is 0.0757. The van der Waals surface area contributed by atoms with Crippen molar-refractivity contribution in [2.75, 3.05) is 13.2 Å². The number of carbonyl (C=O) groups is 2. The molecule has 0 N–H and O–H groups in total. The maximum absolute atomic E-state index is 12.3. The Bertz CT molecular complexity index is 349. The standard InChI is InChI=1S/C16H29NO4/c1-5-20-14(18)11-10-13-9-7-6-8-12-17(13)15(19)21-16(2,3)4/h13H,5-12H2,1-4H3. The maximum atomic E-state index is 12.3. The summed E-state index contributed by atoms with van der Waals surface area (Å²) >= 11 is 0. The zero-order valence-corrected chi connectivity index (χ0v) is 13.8. The van der Waals surface area contributed by atoms with Gasteiger partial charge in [-0.2, -0.15) is 0 Å². The summed E-state index contributed by atoms with van der Waals surface area (Å²) in [5.74, 6) is -0.189. The lowest BCUT2D eigenvalue weighted by molar-refractivity contribution is -0.143. The predicted molar refractivity (Wildman–Crippen MR) is 81.1 cm³/mol. The third-order valence-corrected chi connectivity index (χ3v) is 3.49. The van der Waals surface area contributed by atoms with Gasteiger partial charge in [-0.05, 0) is 47.0 Å². The van der Waals surface area contributed by atoms with Crippen molar-refractivity contribution >= 4 is 12.1 Å². The zero-order chi connectivity index (χ0) is 15.9. The minimum atomic E-state index is -0.491. The molecule has 1 heterocycles. The number of rotatable bonds is 4. The number of amides is 1. The summed E-state index contributed by atoms with van der Waals surface area (Å²) in [5.41, 5.74) is -0.491. The van der Waals surface area contributed by atoms with E-state index in [0.29, 0.717) is 26.0 Å². The van der Waals surface area contributed by atoms with Crippen LogP contribution in [0.2, 0.25) is 0 Å². The fourth-order valence-corrected chi connectivity index (χ4v) is 2.56. The van der Waals surface area contributed by atoms with Crippen molar-refractivity contribution in [3.8, 4) is 0 Å². The number of ether oxygens (including phenoxy) is 2. The van der Waals surface area contributed by atoms with Gasteiger partial charge in [-0.25, -0.2) is 4.79 Å². The first-order valence-electron chi connectivity index (χ1n) is 7.98. The monoisotopic (exact) mass is 299 g/mol. The summed E-state index contributed by atoms with van der Waals surface area (Å²) < 4.78 is 10.5. The van der Waals surface area contributed by atoms with Crippen molar-refractivity contribution in [1.82, 2.24) is 4.90 Å². The Balaban J connectivity index is 2.62. The maximum Gasteiger partial charge on any atom is 0.410 e. The highest BCUT2D eigenvalue weighted by molar-refractivity contribution is 5.70. The van der Waals surface area contributed by atoms with Gasteiger partial charge in [0.15, 0.2) is 0 Å². The Morgan fingerprint density at radius 1 is 1.19 bits per heavy atom. The number of nitrogens with zero attached hydrogens (tertiary/aromatic N) is 1. The molecule has 21 heavy (non-hydrogen) atoms. The summed E-state index contributed by atoms with van der Waals surface area (Å²) in [4.78, 5) is 25.7. The van der Waals surface area contributed by atoms with E-state index in [9.17, 15) is 9.59 Å². The van der Waals surface area contributed by atoms with Gasteiger partial charge in [0.25, 0.3) is 0 Å². The number of carbonyl (C=O) groups excluding carboxylic acids is 2. The Morgan fingerprint density at radius 2 is 1.90 bits per heavy atom. The largest absolute Gasteiger partial charge is 0.466 e. The van der Waals surface area contributed by atoms with Crippen molar-refractivity contribution in [2.45, 2.75) is 77.9 Å². The molecule has 0 aliphatic carbocycles. The Hall–Kier alpha value is -1.26. The zero-order valence-electron chi connectivity index (χ0n) is 13.8. The van der Waals surface area contributed by atoms with Gasteiger partial charge in [0, 0.05) is 19.0 Å². The van der Waals surface area contributed by atoms with Crippen LogP contribution in [0.4, 0.5) is 4.79 Å². The highest BCUT2D eigenvalue weighted by Gasteiger charge is 2.29. The number of likely N-dealkylation sites (tertiary alicyclic amines) is 1. The highest BCUT2D eigenvalue weighted by atomic mass is 16.6. The van der Waals surface area contributed by atoms with Crippen LogP contribution in [0.3, 0.4) is 0 Å². The van der Waals surface area contributed by atoms with Crippen LogP contribution in [0.25, 0.3) is 0 Å². The lowest BCUT2D eigenvalue weighted by Gasteiger charge is -2.32. The lowest BCUT2D eigenvalue weighted by Crippen LogP contribution is -2.43. The Labute approximate surface area is 128 Å². The lowest BCUT2D eigenvalue weighted by atomic mass is 10.0.